The minimum Gasteiger partial charge on any atom is -0.469 e. The number of rotatable bonds is 9. The van der Waals surface area contributed by atoms with E-state index >= 15 is 0 Å². The van der Waals surface area contributed by atoms with Crippen LogP contribution in [0.1, 0.15) is 71.6 Å². The zero-order valence-electron chi connectivity index (χ0n) is 23.0. The summed E-state index contributed by atoms with van der Waals surface area (Å²) in [4.78, 5) is 36.6. The molecule has 218 valence electrons. The molecule has 41 heavy (non-hydrogen) atoms. The summed E-state index contributed by atoms with van der Waals surface area (Å²) in [7, 11) is 1.40. The Kier molecular flexibility index (Phi) is 9.46. The Morgan fingerprint density at radius 1 is 1.02 bits per heavy atom. The third-order valence-electron chi connectivity index (χ3n) is 7.42. The third kappa shape index (κ3) is 7.74. The van der Waals surface area contributed by atoms with Gasteiger partial charge in [-0.3, -0.25) is 14.4 Å². The molecule has 8 nitrogen and oxygen atoms in total. The number of para-hydroxylation sites is 1. The fourth-order valence-electron chi connectivity index (χ4n) is 5.16. The molecule has 4 rings (SSSR count). The van der Waals surface area contributed by atoms with Crippen molar-refractivity contribution >= 4 is 23.5 Å². The van der Waals surface area contributed by atoms with Crippen LogP contribution in [0.25, 0.3) is 5.69 Å². The predicted octanol–water partition coefficient (Wildman–Crippen LogP) is 5.80. The average Bonchev–Trinajstić information content (AvgIpc) is 3.40. The molecule has 0 atom stereocenters. The first-order valence-electron chi connectivity index (χ1n) is 13.5. The Morgan fingerprint density at radius 3 is 2.34 bits per heavy atom. The van der Waals surface area contributed by atoms with Gasteiger partial charge in [0.05, 0.1) is 18.4 Å². The summed E-state index contributed by atoms with van der Waals surface area (Å²) in [6.07, 6.45) is 0.433. The molecule has 0 radical (unpaired) electrons. The molecule has 0 saturated heterocycles. The van der Waals surface area contributed by atoms with Gasteiger partial charge in [0, 0.05) is 31.3 Å². The van der Waals surface area contributed by atoms with Gasteiger partial charge >= 0.3 is 12.1 Å². The van der Waals surface area contributed by atoms with Crippen LogP contribution in [0, 0.1) is 12.8 Å². The number of methoxy groups -OCH3 is 1. The number of carbonyl (C=O) groups excluding carboxylic acids is 3. The molecule has 1 heterocycles. The lowest BCUT2D eigenvalue weighted by Gasteiger charge is -2.28. The lowest BCUT2D eigenvalue weighted by molar-refractivity contribution is -0.142. The van der Waals surface area contributed by atoms with E-state index in [1.165, 1.54) is 12.7 Å². The maximum Gasteiger partial charge on any atom is 0.435 e. The summed E-state index contributed by atoms with van der Waals surface area (Å²) in [5, 5.41) is 8.77. The standard InChI is InChI=1S/C30H33F3N4O4/c1-19-5-3-4-6-25(19)37-18-24(28(36-37)30(31,32)33)29(40)34-16-15-26(38)35-23-13-11-22(12-14-23)21-9-7-20(8-10-21)17-27(39)41-2/h3-6,11-14,18,20-21H,7-10,15-17H2,1-2H3,(H,34,40)(H,35,38)/t20-,21-. The van der Waals surface area contributed by atoms with E-state index in [2.05, 4.69) is 15.7 Å². The van der Waals surface area contributed by atoms with Gasteiger partial charge in [-0.1, -0.05) is 30.3 Å². The number of ether oxygens (including phenoxy) is 1. The van der Waals surface area contributed by atoms with Crippen molar-refractivity contribution in [1.29, 1.82) is 0 Å². The van der Waals surface area contributed by atoms with Gasteiger partial charge in [0.1, 0.15) is 0 Å². The van der Waals surface area contributed by atoms with Crippen molar-refractivity contribution in [2.24, 2.45) is 5.92 Å². The van der Waals surface area contributed by atoms with Crippen LogP contribution in [0.5, 0.6) is 0 Å². The first-order valence-corrected chi connectivity index (χ1v) is 13.5. The SMILES string of the molecule is COC(=O)C[C@H]1CC[C@H](c2ccc(NC(=O)CCNC(=O)c3cn(-c4ccccc4C)nc3C(F)(F)F)cc2)CC1. The average molecular weight is 571 g/mol. The molecule has 2 aromatic carbocycles. The minimum atomic E-state index is -4.83. The zero-order chi connectivity index (χ0) is 29.6. The van der Waals surface area contributed by atoms with Gasteiger partial charge in [0.2, 0.25) is 5.91 Å². The number of benzene rings is 2. The smallest absolute Gasteiger partial charge is 0.435 e. The number of aryl methyl sites for hydroxylation is 1. The van der Waals surface area contributed by atoms with Crippen molar-refractivity contribution in [1.82, 2.24) is 15.1 Å². The van der Waals surface area contributed by atoms with Gasteiger partial charge in [-0.15, -0.1) is 0 Å². The van der Waals surface area contributed by atoms with Crippen LogP contribution in [-0.2, 0) is 20.5 Å². The first kappa shape index (κ1) is 29.8. The van der Waals surface area contributed by atoms with Crippen molar-refractivity contribution in [3.8, 4) is 5.69 Å². The fraction of sp³-hybridized carbons (Fsp3) is 0.400. The molecule has 0 bridgehead atoms. The van der Waals surface area contributed by atoms with Crippen LogP contribution < -0.4 is 10.6 Å². The number of anilines is 1. The van der Waals surface area contributed by atoms with E-state index in [1.807, 2.05) is 24.3 Å². The zero-order valence-corrected chi connectivity index (χ0v) is 23.0. The molecule has 0 spiro atoms. The largest absolute Gasteiger partial charge is 0.469 e. The maximum atomic E-state index is 13.6. The van der Waals surface area contributed by atoms with Crippen LogP contribution in [0.15, 0.2) is 54.7 Å². The second kappa shape index (κ2) is 13.0. The van der Waals surface area contributed by atoms with Crippen molar-refractivity contribution in [2.75, 3.05) is 19.0 Å². The molecule has 1 saturated carbocycles. The van der Waals surface area contributed by atoms with Gasteiger partial charge in [-0.2, -0.15) is 18.3 Å². The van der Waals surface area contributed by atoms with E-state index < -0.39 is 23.3 Å². The topological polar surface area (TPSA) is 102 Å². The number of nitrogens with zero attached hydrogens (tertiary/aromatic N) is 2. The normalized spacial score (nSPS) is 17.1. The van der Waals surface area contributed by atoms with Crippen LogP contribution >= 0.6 is 0 Å². The Labute approximate surface area is 236 Å². The van der Waals surface area contributed by atoms with Crippen molar-refractivity contribution in [3.05, 3.63) is 77.1 Å². The van der Waals surface area contributed by atoms with Gasteiger partial charge in [-0.05, 0) is 73.8 Å². The summed E-state index contributed by atoms with van der Waals surface area (Å²) in [5.74, 6) is -0.778. The van der Waals surface area contributed by atoms with Crippen molar-refractivity contribution < 1.29 is 32.3 Å². The molecule has 1 fully saturated rings. The number of nitrogens with one attached hydrogen (secondary N) is 2. The van der Waals surface area contributed by atoms with E-state index in [0.717, 1.165) is 36.6 Å². The Bertz CT molecular complexity index is 1380. The number of esters is 1. The number of carbonyl (C=O) groups is 3. The summed E-state index contributed by atoms with van der Waals surface area (Å²) >= 11 is 0. The van der Waals surface area contributed by atoms with Crippen molar-refractivity contribution in [3.63, 3.8) is 0 Å². The molecule has 1 aliphatic carbocycles. The number of aromatic nitrogens is 2. The molecule has 1 aliphatic rings. The molecule has 2 amide bonds. The monoisotopic (exact) mass is 570 g/mol. The third-order valence-corrected chi connectivity index (χ3v) is 7.42. The molecule has 11 heteroatoms. The van der Waals surface area contributed by atoms with Gasteiger partial charge < -0.3 is 15.4 Å². The van der Waals surface area contributed by atoms with Crippen LogP contribution in [0.3, 0.4) is 0 Å². The maximum absolute atomic E-state index is 13.6. The minimum absolute atomic E-state index is 0.120. The Balaban J connectivity index is 1.28. The molecular formula is C30H33F3N4O4. The first-order chi connectivity index (χ1) is 19.5. The summed E-state index contributed by atoms with van der Waals surface area (Å²) in [6.45, 7) is 1.58. The highest BCUT2D eigenvalue weighted by molar-refractivity contribution is 5.96. The highest BCUT2D eigenvalue weighted by Crippen LogP contribution is 2.37. The van der Waals surface area contributed by atoms with E-state index in [9.17, 15) is 27.6 Å². The Hall–Kier alpha value is -4.15. The second-order valence-electron chi connectivity index (χ2n) is 10.3. The lowest BCUT2D eigenvalue weighted by atomic mass is 9.77. The number of amides is 2. The molecule has 2 N–H and O–H groups in total. The van der Waals surface area contributed by atoms with Crippen LogP contribution in [0.4, 0.5) is 18.9 Å². The highest BCUT2D eigenvalue weighted by atomic mass is 19.4. The van der Waals surface area contributed by atoms with E-state index in [-0.39, 0.29) is 24.8 Å². The molecule has 0 aliphatic heterocycles. The summed E-state index contributed by atoms with van der Waals surface area (Å²) in [6, 6.07) is 14.3. The molecule has 0 unspecified atom stereocenters. The summed E-state index contributed by atoms with van der Waals surface area (Å²) < 4.78 is 46.7. The Morgan fingerprint density at radius 2 is 1.71 bits per heavy atom. The van der Waals surface area contributed by atoms with Gasteiger partial charge in [-0.25, -0.2) is 4.68 Å². The van der Waals surface area contributed by atoms with E-state index in [4.69, 9.17) is 4.74 Å². The number of hydrogen-bond acceptors (Lipinski definition) is 5. The van der Waals surface area contributed by atoms with Gasteiger partial charge in [0.15, 0.2) is 5.69 Å². The predicted molar refractivity (Wildman–Crippen MR) is 147 cm³/mol. The highest BCUT2D eigenvalue weighted by Gasteiger charge is 2.39. The lowest BCUT2D eigenvalue weighted by Crippen LogP contribution is -2.29. The van der Waals surface area contributed by atoms with E-state index in [0.29, 0.717) is 35.2 Å². The number of alkyl halides is 3. The summed E-state index contributed by atoms with van der Waals surface area (Å²) in [5.41, 5.74) is 0.967. The van der Waals surface area contributed by atoms with E-state index in [1.54, 1.807) is 31.2 Å². The van der Waals surface area contributed by atoms with Crippen LogP contribution in [0.2, 0.25) is 0 Å². The van der Waals surface area contributed by atoms with Gasteiger partial charge in [0.25, 0.3) is 5.91 Å². The number of hydrogen-bond donors (Lipinski definition) is 2. The number of halogens is 3. The second-order valence-corrected chi connectivity index (χ2v) is 10.3. The van der Waals surface area contributed by atoms with Crippen molar-refractivity contribution in [2.45, 2.75) is 57.5 Å². The molecule has 3 aromatic rings. The molecule has 1 aromatic heterocycles. The quantitative estimate of drug-likeness (QED) is 0.317. The molecular weight excluding hydrogens is 537 g/mol. The fourth-order valence-corrected chi connectivity index (χ4v) is 5.16. The van der Waals surface area contributed by atoms with Crippen LogP contribution in [-0.4, -0.2) is 41.2 Å².